The first-order valence-corrected chi connectivity index (χ1v) is 5.55. The van der Waals surface area contributed by atoms with Gasteiger partial charge in [-0.25, -0.2) is 4.98 Å². The molecule has 0 aromatic carbocycles. The van der Waals surface area contributed by atoms with Crippen LogP contribution in [0.3, 0.4) is 0 Å². The number of nitrogens with zero attached hydrogens (tertiary/aromatic N) is 1. The van der Waals surface area contributed by atoms with E-state index in [2.05, 4.69) is 20.9 Å². The Balaban J connectivity index is 2.27. The van der Waals surface area contributed by atoms with Gasteiger partial charge in [0.2, 0.25) is 0 Å². The van der Waals surface area contributed by atoms with E-state index in [-0.39, 0.29) is 5.60 Å². The number of rotatable bonds is 2. The fourth-order valence-electron chi connectivity index (χ4n) is 1.51. The van der Waals surface area contributed by atoms with Gasteiger partial charge >= 0.3 is 0 Å². The molecule has 0 unspecified atom stereocenters. The number of hydrogen-bond acceptors (Lipinski definition) is 3. The first-order chi connectivity index (χ1) is 5.77. The van der Waals surface area contributed by atoms with Crippen LogP contribution in [0.25, 0.3) is 0 Å². The SMILES string of the molecule is COC1(c2cnc(Br)s2)CCC1. The van der Waals surface area contributed by atoms with E-state index >= 15 is 0 Å². The highest BCUT2D eigenvalue weighted by Gasteiger charge is 2.40. The van der Waals surface area contributed by atoms with Crippen LogP contribution in [0.1, 0.15) is 24.1 Å². The molecule has 1 aliphatic carbocycles. The Labute approximate surface area is 84.1 Å². The molecule has 0 atom stereocenters. The minimum Gasteiger partial charge on any atom is -0.373 e. The average molecular weight is 248 g/mol. The van der Waals surface area contributed by atoms with Crippen molar-refractivity contribution in [3.8, 4) is 0 Å². The predicted molar refractivity (Wildman–Crippen MR) is 52.4 cm³/mol. The summed E-state index contributed by atoms with van der Waals surface area (Å²) in [6.45, 7) is 0. The van der Waals surface area contributed by atoms with Crippen LogP contribution in [0, 0.1) is 0 Å². The molecule has 0 saturated heterocycles. The van der Waals surface area contributed by atoms with Crippen molar-refractivity contribution in [2.24, 2.45) is 0 Å². The summed E-state index contributed by atoms with van der Waals surface area (Å²) in [5.41, 5.74) is 0.00366. The summed E-state index contributed by atoms with van der Waals surface area (Å²) in [6, 6.07) is 0. The highest BCUT2D eigenvalue weighted by molar-refractivity contribution is 9.11. The van der Waals surface area contributed by atoms with Crippen LogP contribution in [0.2, 0.25) is 0 Å². The number of thiazole rings is 1. The molecule has 1 fully saturated rings. The maximum absolute atomic E-state index is 5.52. The Kier molecular flexibility index (Phi) is 2.23. The number of ether oxygens (including phenoxy) is 1. The zero-order valence-corrected chi connectivity index (χ0v) is 9.24. The van der Waals surface area contributed by atoms with Crippen molar-refractivity contribution in [3.63, 3.8) is 0 Å². The number of hydrogen-bond donors (Lipinski definition) is 0. The first-order valence-electron chi connectivity index (χ1n) is 3.94. The van der Waals surface area contributed by atoms with Gasteiger partial charge in [0, 0.05) is 13.3 Å². The molecule has 1 heterocycles. The minimum absolute atomic E-state index is 0.00366. The largest absolute Gasteiger partial charge is 0.373 e. The molecule has 1 aromatic rings. The normalized spacial score (nSPS) is 20.5. The second kappa shape index (κ2) is 3.09. The van der Waals surface area contributed by atoms with E-state index in [0.717, 1.165) is 16.8 Å². The third-order valence-electron chi connectivity index (χ3n) is 2.48. The van der Waals surface area contributed by atoms with Crippen LogP contribution in [0.15, 0.2) is 10.1 Å². The van der Waals surface area contributed by atoms with Gasteiger partial charge in [-0.1, -0.05) is 0 Å². The van der Waals surface area contributed by atoms with Crippen molar-refractivity contribution in [1.29, 1.82) is 0 Å². The zero-order valence-electron chi connectivity index (χ0n) is 6.84. The van der Waals surface area contributed by atoms with Crippen molar-refractivity contribution in [2.75, 3.05) is 7.11 Å². The van der Waals surface area contributed by atoms with Crippen molar-refractivity contribution in [3.05, 3.63) is 15.0 Å². The Morgan fingerprint density at radius 2 is 2.42 bits per heavy atom. The summed E-state index contributed by atoms with van der Waals surface area (Å²) in [4.78, 5) is 5.42. The van der Waals surface area contributed by atoms with Crippen LogP contribution < -0.4 is 0 Å². The zero-order chi connectivity index (χ0) is 8.60. The molecular weight excluding hydrogens is 238 g/mol. The lowest BCUT2D eigenvalue weighted by Gasteiger charge is -2.39. The molecule has 1 aromatic heterocycles. The Bertz CT molecular complexity index is 277. The second-order valence-corrected chi connectivity index (χ2v) is 5.34. The lowest BCUT2D eigenvalue weighted by molar-refractivity contribution is -0.0750. The van der Waals surface area contributed by atoms with Gasteiger partial charge in [-0.15, -0.1) is 11.3 Å². The minimum atomic E-state index is 0.00366. The molecule has 12 heavy (non-hydrogen) atoms. The van der Waals surface area contributed by atoms with E-state index in [0.29, 0.717) is 0 Å². The summed E-state index contributed by atoms with van der Waals surface area (Å²) in [5.74, 6) is 0. The lowest BCUT2D eigenvalue weighted by atomic mass is 9.79. The maximum Gasteiger partial charge on any atom is 0.159 e. The predicted octanol–water partition coefficient (Wildman–Crippen LogP) is 2.93. The van der Waals surface area contributed by atoms with Gasteiger partial charge in [-0.2, -0.15) is 0 Å². The van der Waals surface area contributed by atoms with Crippen LogP contribution in [-0.4, -0.2) is 12.1 Å². The van der Waals surface area contributed by atoms with E-state index in [9.17, 15) is 0 Å². The number of aromatic nitrogens is 1. The fraction of sp³-hybridized carbons (Fsp3) is 0.625. The second-order valence-electron chi connectivity index (χ2n) is 3.03. The molecule has 0 aliphatic heterocycles. The summed E-state index contributed by atoms with van der Waals surface area (Å²) in [7, 11) is 1.78. The van der Waals surface area contributed by atoms with E-state index < -0.39 is 0 Å². The van der Waals surface area contributed by atoms with Crippen LogP contribution >= 0.6 is 27.3 Å². The van der Waals surface area contributed by atoms with Crippen molar-refractivity contribution in [1.82, 2.24) is 4.98 Å². The van der Waals surface area contributed by atoms with E-state index in [1.807, 2.05) is 6.20 Å². The number of methoxy groups -OCH3 is 1. The molecule has 0 N–H and O–H groups in total. The maximum atomic E-state index is 5.52. The summed E-state index contributed by atoms with van der Waals surface area (Å²) < 4.78 is 6.47. The van der Waals surface area contributed by atoms with Gasteiger partial charge in [-0.3, -0.25) is 0 Å². The summed E-state index contributed by atoms with van der Waals surface area (Å²) in [6.07, 6.45) is 5.46. The Hall–Kier alpha value is 0.0700. The Morgan fingerprint density at radius 3 is 2.75 bits per heavy atom. The topological polar surface area (TPSA) is 22.1 Å². The molecule has 2 rings (SSSR count). The quantitative estimate of drug-likeness (QED) is 0.802. The van der Waals surface area contributed by atoms with Crippen LogP contribution in [-0.2, 0) is 10.3 Å². The van der Waals surface area contributed by atoms with Gasteiger partial charge < -0.3 is 4.74 Å². The monoisotopic (exact) mass is 247 g/mol. The van der Waals surface area contributed by atoms with Crippen LogP contribution in [0.4, 0.5) is 0 Å². The average Bonchev–Trinajstić information content (AvgIpc) is 2.35. The molecule has 2 nitrogen and oxygen atoms in total. The summed E-state index contributed by atoms with van der Waals surface area (Å²) >= 11 is 5.03. The number of halogens is 1. The van der Waals surface area contributed by atoms with E-state index in [1.54, 1.807) is 18.4 Å². The molecule has 0 radical (unpaired) electrons. The molecule has 0 bridgehead atoms. The van der Waals surface area contributed by atoms with Crippen molar-refractivity contribution >= 4 is 27.3 Å². The van der Waals surface area contributed by atoms with Gasteiger partial charge in [-0.05, 0) is 35.2 Å². The standard InChI is InChI=1S/C8H10BrNOS/c1-11-8(3-2-4-8)6-5-10-7(9)12-6/h5H,2-4H2,1H3. The lowest BCUT2D eigenvalue weighted by Crippen LogP contribution is -2.35. The van der Waals surface area contributed by atoms with Gasteiger partial charge in [0.05, 0.1) is 4.88 Å². The first kappa shape index (κ1) is 8.66. The third-order valence-corrected chi connectivity index (χ3v) is 4.14. The molecule has 0 amide bonds. The Morgan fingerprint density at radius 1 is 1.67 bits per heavy atom. The van der Waals surface area contributed by atoms with Crippen LogP contribution in [0.5, 0.6) is 0 Å². The molecular formula is C8H10BrNOS. The fourth-order valence-corrected chi connectivity index (χ4v) is 3.00. The van der Waals surface area contributed by atoms with E-state index in [1.165, 1.54) is 11.3 Å². The van der Waals surface area contributed by atoms with E-state index in [4.69, 9.17) is 4.74 Å². The molecule has 1 saturated carbocycles. The smallest absolute Gasteiger partial charge is 0.159 e. The van der Waals surface area contributed by atoms with Gasteiger partial charge in [0.15, 0.2) is 3.92 Å². The molecule has 66 valence electrons. The third kappa shape index (κ3) is 1.22. The highest BCUT2D eigenvalue weighted by atomic mass is 79.9. The van der Waals surface area contributed by atoms with Gasteiger partial charge in [0.1, 0.15) is 5.60 Å². The molecule has 0 spiro atoms. The van der Waals surface area contributed by atoms with Crippen molar-refractivity contribution < 1.29 is 4.74 Å². The van der Waals surface area contributed by atoms with Gasteiger partial charge in [0.25, 0.3) is 0 Å². The molecule has 1 aliphatic rings. The molecule has 4 heteroatoms. The highest BCUT2D eigenvalue weighted by Crippen LogP contribution is 2.46. The summed E-state index contributed by atoms with van der Waals surface area (Å²) in [5, 5.41) is 0. The van der Waals surface area contributed by atoms with Crippen molar-refractivity contribution in [2.45, 2.75) is 24.9 Å².